The molecule has 0 radical (unpaired) electrons. The fourth-order valence-electron chi connectivity index (χ4n) is 1.84. The molecule has 0 aliphatic heterocycles. The van der Waals surface area contributed by atoms with Gasteiger partial charge in [-0.2, -0.15) is 9.61 Å². The minimum atomic E-state index is -0.231. The first-order valence-corrected chi connectivity index (χ1v) is 6.84. The van der Waals surface area contributed by atoms with Crippen molar-refractivity contribution < 1.29 is 0 Å². The summed E-state index contributed by atoms with van der Waals surface area (Å²) in [6.45, 7) is 6.16. The van der Waals surface area contributed by atoms with Gasteiger partial charge in [0.05, 0.1) is 17.4 Å². The highest BCUT2D eigenvalue weighted by atomic mass is 79.9. The van der Waals surface area contributed by atoms with Gasteiger partial charge in [0, 0.05) is 11.8 Å². The number of halogens is 1. The molecule has 3 aromatic rings. The number of hydrogen-bond acceptors (Lipinski definition) is 4. The minimum absolute atomic E-state index is 0.129. The molecule has 0 fully saturated rings. The lowest BCUT2D eigenvalue weighted by Crippen LogP contribution is -2.22. The summed E-state index contributed by atoms with van der Waals surface area (Å²) in [6, 6.07) is 0. The molecule has 0 bridgehead atoms. The van der Waals surface area contributed by atoms with Crippen LogP contribution in [-0.2, 0) is 5.54 Å². The predicted octanol–water partition coefficient (Wildman–Crippen LogP) is 1.80. The van der Waals surface area contributed by atoms with Gasteiger partial charge < -0.3 is 0 Å². The lowest BCUT2D eigenvalue weighted by Gasteiger charge is -2.18. The average molecular weight is 337 g/mol. The molecular formula is C12H13BrN6O. The number of nitrogens with one attached hydrogen (secondary N) is 1. The van der Waals surface area contributed by atoms with Crippen molar-refractivity contribution >= 4 is 21.7 Å². The van der Waals surface area contributed by atoms with Crippen LogP contribution in [-0.4, -0.2) is 29.4 Å². The predicted molar refractivity (Wildman–Crippen MR) is 77.5 cm³/mol. The second kappa shape index (κ2) is 4.27. The van der Waals surface area contributed by atoms with Gasteiger partial charge >= 0.3 is 0 Å². The molecule has 0 unspecified atom stereocenters. The van der Waals surface area contributed by atoms with E-state index in [1.54, 1.807) is 6.20 Å². The maximum absolute atomic E-state index is 12.2. The van der Waals surface area contributed by atoms with Crippen LogP contribution in [0.15, 0.2) is 28.0 Å². The highest BCUT2D eigenvalue weighted by molar-refractivity contribution is 9.10. The van der Waals surface area contributed by atoms with Crippen LogP contribution in [0.5, 0.6) is 0 Å². The molecule has 8 heteroatoms. The molecule has 3 aromatic heterocycles. The van der Waals surface area contributed by atoms with Gasteiger partial charge in [-0.1, -0.05) is 0 Å². The quantitative estimate of drug-likeness (QED) is 0.734. The third-order valence-electron chi connectivity index (χ3n) is 2.92. The van der Waals surface area contributed by atoms with Crippen molar-refractivity contribution in [2.45, 2.75) is 26.3 Å². The lowest BCUT2D eigenvalue weighted by atomic mass is 10.1. The Morgan fingerprint density at radius 1 is 1.35 bits per heavy atom. The Labute approximate surface area is 122 Å². The highest BCUT2D eigenvalue weighted by Gasteiger charge is 2.18. The molecule has 0 aromatic carbocycles. The van der Waals surface area contributed by atoms with Crippen LogP contribution in [0.2, 0.25) is 0 Å². The summed E-state index contributed by atoms with van der Waals surface area (Å²) >= 11 is 3.30. The van der Waals surface area contributed by atoms with Crippen LogP contribution in [0.3, 0.4) is 0 Å². The summed E-state index contributed by atoms with van der Waals surface area (Å²) in [5, 5.41) is 7.04. The fourth-order valence-corrected chi connectivity index (χ4v) is 2.33. The largest absolute Gasteiger partial charge is 0.288 e. The summed E-state index contributed by atoms with van der Waals surface area (Å²) in [4.78, 5) is 20.6. The average Bonchev–Trinajstić information content (AvgIpc) is 3.00. The lowest BCUT2D eigenvalue weighted by molar-refractivity contribution is 0.355. The fraction of sp³-hybridized carbons (Fsp3) is 0.333. The molecule has 7 nitrogen and oxygen atoms in total. The maximum Gasteiger partial charge on any atom is 0.288 e. The smallest absolute Gasteiger partial charge is 0.278 e. The Morgan fingerprint density at radius 2 is 2.10 bits per heavy atom. The van der Waals surface area contributed by atoms with E-state index in [9.17, 15) is 4.79 Å². The second-order valence-corrected chi connectivity index (χ2v) is 6.24. The number of nitrogens with zero attached hydrogens (tertiary/aromatic N) is 5. The van der Waals surface area contributed by atoms with E-state index in [0.29, 0.717) is 15.9 Å². The molecule has 0 aliphatic rings. The van der Waals surface area contributed by atoms with Crippen molar-refractivity contribution in [3.63, 3.8) is 0 Å². The zero-order chi connectivity index (χ0) is 14.5. The molecule has 0 aliphatic carbocycles. The Hall–Kier alpha value is -1.96. The zero-order valence-electron chi connectivity index (χ0n) is 11.3. The first-order chi connectivity index (χ1) is 9.38. The maximum atomic E-state index is 12.2. The Kier molecular flexibility index (Phi) is 2.79. The molecule has 104 valence electrons. The number of aromatic nitrogens is 6. The highest BCUT2D eigenvalue weighted by Crippen LogP contribution is 2.25. The summed E-state index contributed by atoms with van der Waals surface area (Å²) < 4.78 is 3.50. The van der Waals surface area contributed by atoms with E-state index in [-0.39, 0.29) is 11.1 Å². The number of rotatable bonds is 1. The van der Waals surface area contributed by atoms with E-state index in [1.807, 2.05) is 10.9 Å². The van der Waals surface area contributed by atoms with Crippen LogP contribution in [0, 0.1) is 0 Å². The molecule has 0 spiro atoms. The van der Waals surface area contributed by atoms with E-state index >= 15 is 0 Å². The second-order valence-electron chi connectivity index (χ2n) is 5.45. The van der Waals surface area contributed by atoms with Gasteiger partial charge in [0.15, 0.2) is 0 Å². The van der Waals surface area contributed by atoms with Crippen molar-refractivity contribution in [1.29, 1.82) is 0 Å². The van der Waals surface area contributed by atoms with Crippen LogP contribution < -0.4 is 5.56 Å². The van der Waals surface area contributed by atoms with Gasteiger partial charge in [-0.3, -0.25) is 14.6 Å². The van der Waals surface area contributed by atoms with Crippen molar-refractivity contribution in [3.8, 4) is 11.3 Å². The molecule has 1 N–H and O–H groups in total. The van der Waals surface area contributed by atoms with Crippen LogP contribution >= 0.6 is 15.9 Å². The van der Waals surface area contributed by atoms with Gasteiger partial charge in [0.25, 0.3) is 11.3 Å². The van der Waals surface area contributed by atoms with Crippen LogP contribution in [0.25, 0.3) is 17.0 Å². The first kappa shape index (κ1) is 13.0. The Balaban J connectivity index is 2.22. The number of H-pyrrole nitrogens is 1. The molecule has 20 heavy (non-hydrogen) atoms. The SMILES string of the molecule is CC(C)(C)n1cc(-c2nc3nc[nH]n3c(=O)c2Br)cn1. The molecule has 3 heterocycles. The van der Waals surface area contributed by atoms with Crippen molar-refractivity contribution in [2.75, 3.05) is 0 Å². The minimum Gasteiger partial charge on any atom is -0.278 e. The standard InChI is InChI=1S/C12H13BrN6O/c1-12(2,3)18-5-7(4-15-18)9-8(13)10(20)19-11(17-9)14-6-16-19/h4-6H,1-3H3,(H,14,16,17). The molecule has 0 saturated heterocycles. The number of aromatic amines is 1. The molecule has 0 atom stereocenters. The first-order valence-electron chi connectivity index (χ1n) is 6.05. The van der Waals surface area contributed by atoms with E-state index in [1.165, 1.54) is 10.8 Å². The summed E-state index contributed by atoms with van der Waals surface area (Å²) in [5.74, 6) is 0.330. The zero-order valence-corrected chi connectivity index (χ0v) is 12.8. The van der Waals surface area contributed by atoms with Gasteiger partial charge in [0.1, 0.15) is 10.8 Å². The van der Waals surface area contributed by atoms with E-state index in [4.69, 9.17) is 0 Å². The number of fused-ring (bicyclic) bond motifs is 1. The molecule has 0 saturated carbocycles. The summed E-state index contributed by atoms with van der Waals surface area (Å²) in [6.07, 6.45) is 5.00. The third-order valence-corrected chi connectivity index (χ3v) is 3.64. The van der Waals surface area contributed by atoms with Crippen molar-refractivity contribution in [1.82, 2.24) is 29.4 Å². The van der Waals surface area contributed by atoms with Gasteiger partial charge in [-0.15, -0.1) is 0 Å². The van der Waals surface area contributed by atoms with E-state index in [0.717, 1.165) is 5.56 Å². The monoisotopic (exact) mass is 336 g/mol. The van der Waals surface area contributed by atoms with E-state index in [2.05, 4.69) is 56.9 Å². The Morgan fingerprint density at radius 3 is 2.75 bits per heavy atom. The van der Waals surface area contributed by atoms with Crippen LogP contribution in [0.4, 0.5) is 0 Å². The van der Waals surface area contributed by atoms with Crippen molar-refractivity contribution in [3.05, 3.63) is 33.5 Å². The van der Waals surface area contributed by atoms with Gasteiger partial charge in [-0.05, 0) is 36.7 Å². The molecule has 0 amide bonds. The topological polar surface area (TPSA) is 80.9 Å². The van der Waals surface area contributed by atoms with Gasteiger partial charge in [-0.25, -0.2) is 9.97 Å². The summed E-state index contributed by atoms with van der Waals surface area (Å²) in [5.41, 5.74) is 0.953. The Bertz CT molecular complexity index is 838. The third kappa shape index (κ3) is 1.96. The normalized spacial score (nSPS) is 12.2. The molecule has 3 rings (SSSR count). The van der Waals surface area contributed by atoms with Crippen molar-refractivity contribution in [2.24, 2.45) is 0 Å². The summed E-state index contributed by atoms with van der Waals surface area (Å²) in [7, 11) is 0. The van der Waals surface area contributed by atoms with Crippen LogP contribution in [0.1, 0.15) is 20.8 Å². The number of hydrogen-bond donors (Lipinski definition) is 1. The van der Waals surface area contributed by atoms with E-state index < -0.39 is 0 Å². The molecular weight excluding hydrogens is 324 g/mol. The van der Waals surface area contributed by atoms with Gasteiger partial charge in [0.2, 0.25) is 0 Å².